The molecule has 6 nitrogen and oxygen atoms in total. The largest absolute Gasteiger partial charge is 0.346 e. The van der Waals surface area contributed by atoms with Gasteiger partial charge in [-0.15, -0.1) is 22.7 Å². The zero-order valence-electron chi connectivity index (χ0n) is 13.2. The Balaban J connectivity index is 1.54. The number of fused-ring (bicyclic) bond motifs is 1. The van der Waals surface area contributed by atoms with Crippen LogP contribution in [0.15, 0.2) is 35.4 Å². The molecule has 0 aliphatic carbocycles. The Bertz CT molecular complexity index is 980. The number of carbonyl (C=O) groups excluding carboxylic acids is 1. The van der Waals surface area contributed by atoms with Crippen molar-refractivity contribution >= 4 is 33.5 Å². The van der Waals surface area contributed by atoms with Crippen LogP contribution in [-0.2, 0) is 6.54 Å². The fourth-order valence-corrected chi connectivity index (χ4v) is 4.21. The van der Waals surface area contributed by atoms with E-state index in [-0.39, 0.29) is 5.91 Å². The number of carbonyl (C=O) groups is 1. The lowest BCUT2D eigenvalue weighted by molar-refractivity contribution is 0.0950. The molecule has 0 aliphatic rings. The van der Waals surface area contributed by atoms with Crippen molar-refractivity contribution < 1.29 is 4.79 Å². The summed E-state index contributed by atoms with van der Waals surface area (Å²) in [5, 5.41) is 7.74. The van der Waals surface area contributed by atoms with Gasteiger partial charge in [0.25, 0.3) is 5.91 Å². The molecule has 8 heteroatoms. The molecular weight excluding hydrogens is 342 g/mol. The van der Waals surface area contributed by atoms with Crippen LogP contribution >= 0.6 is 22.7 Å². The van der Waals surface area contributed by atoms with Gasteiger partial charge in [0.1, 0.15) is 0 Å². The molecule has 1 amide bonds. The molecule has 24 heavy (non-hydrogen) atoms. The van der Waals surface area contributed by atoms with E-state index >= 15 is 0 Å². The molecule has 4 heterocycles. The number of aryl methyl sites for hydroxylation is 1. The molecule has 4 aromatic rings. The van der Waals surface area contributed by atoms with Crippen molar-refractivity contribution in [2.45, 2.75) is 20.4 Å². The first-order chi connectivity index (χ1) is 11.6. The van der Waals surface area contributed by atoms with E-state index in [1.807, 2.05) is 52.0 Å². The molecule has 0 radical (unpaired) electrons. The van der Waals surface area contributed by atoms with Crippen LogP contribution in [0.3, 0.4) is 0 Å². The summed E-state index contributed by atoms with van der Waals surface area (Å²) < 4.78 is 3.96. The summed E-state index contributed by atoms with van der Waals surface area (Å²) >= 11 is 3.13. The molecule has 1 N–H and O–H groups in total. The lowest BCUT2D eigenvalue weighted by atomic mass is 10.2. The standard InChI is InChI=1S/C16H15N5OS2/c1-10-7-13(11(2)21(10)15-17-3-5-23-15)14(22)18-8-12-9-20-4-6-24-16(20)19-12/h3-7,9H,8H2,1-2H3,(H,18,22). The molecule has 0 atom stereocenters. The van der Waals surface area contributed by atoms with Crippen LogP contribution < -0.4 is 5.32 Å². The molecule has 0 saturated heterocycles. The number of hydrogen-bond acceptors (Lipinski definition) is 5. The first-order valence-corrected chi connectivity index (χ1v) is 9.17. The Morgan fingerprint density at radius 2 is 2.17 bits per heavy atom. The second-order valence-electron chi connectivity index (χ2n) is 5.44. The average molecular weight is 357 g/mol. The van der Waals surface area contributed by atoms with E-state index in [2.05, 4.69) is 15.3 Å². The predicted molar refractivity (Wildman–Crippen MR) is 95.2 cm³/mol. The summed E-state index contributed by atoms with van der Waals surface area (Å²) in [6.07, 6.45) is 5.66. The number of rotatable bonds is 4. The highest BCUT2D eigenvalue weighted by molar-refractivity contribution is 7.15. The van der Waals surface area contributed by atoms with Crippen LogP contribution in [0.5, 0.6) is 0 Å². The van der Waals surface area contributed by atoms with E-state index in [1.54, 1.807) is 28.9 Å². The van der Waals surface area contributed by atoms with Gasteiger partial charge in [-0.25, -0.2) is 9.97 Å². The van der Waals surface area contributed by atoms with Gasteiger partial charge >= 0.3 is 0 Å². The van der Waals surface area contributed by atoms with Crippen LogP contribution in [0.2, 0.25) is 0 Å². The summed E-state index contributed by atoms with van der Waals surface area (Å²) in [4.78, 5) is 22.3. The van der Waals surface area contributed by atoms with E-state index in [0.717, 1.165) is 27.2 Å². The maximum absolute atomic E-state index is 12.6. The van der Waals surface area contributed by atoms with Crippen molar-refractivity contribution in [3.63, 3.8) is 0 Å². The zero-order chi connectivity index (χ0) is 16.7. The molecule has 0 bridgehead atoms. The summed E-state index contributed by atoms with van der Waals surface area (Å²) in [5.41, 5.74) is 3.41. The molecule has 0 aliphatic heterocycles. The third-order valence-electron chi connectivity index (χ3n) is 3.86. The Morgan fingerprint density at radius 3 is 2.92 bits per heavy atom. The molecule has 4 aromatic heterocycles. The molecule has 0 saturated carbocycles. The number of imidazole rings is 1. The second-order valence-corrected chi connectivity index (χ2v) is 7.19. The van der Waals surface area contributed by atoms with Gasteiger partial charge in [-0.2, -0.15) is 0 Å². The van der Waals surface area contributed by atoms with Gasteiger partial charge in [-0.1, -0.05) is 0 Å². The third kappa shape index (κ3) is 2.53. The maximum atomic E-state index is 12.6. The van der Waals surface area contributed by atoms with E-state index < -0.39 is 0 Å². The number of nitrogens with zero attached hydrogens (tertiary/aromatic N) is 4. The molecule has 0 fully saturated rings. The normalized spacial score (nSPS) is 11.2. The van der Waals surface area contributed by atoms with Gasteiger partial charge in [0, 0.05) is 40.7 Å². The quantitative estimate of drug-likeness (QED) is 0.610. The van der Waals surface area contributed by atoms with Crippen LogP contribution in [0.4, 0.5) is 0 Å². The fraction of sp³-hybridized carbons (Fsp3) is 0.188. The van der Waals surface area contributed by atoms with E-state index in [4.69, 9.17) is 0 Å². The lowest BCUT2D eigenvalue weighted by Crippen LogP contribution is -2.23. The van der Waals surface area contributed by atoms with Crippen LogP contribution in [0.25, 0.3) is 10.1 Å². The van der Waals surface area contributed by atoms with Crippen molar-refractivity contribution in [3.8, 4) is 5.13 Å². The van der Waals surface area contributed by atoms with Gasteiger partial charge in [0.15, 0.2) is 10.1 Å². The zero-order valence-corrected chi connectivity index (χ0v) is 14.8. The molecule has 4 rings (SSSR count). The van der Waals surface area contributed by atoms with Crippen molar-refractivity contribution in [3.05, 3.63) is 58.1 Å². The first kappa shape index (κ1) is 15.1. The number of nitrogens with one attached hydrogen (secondary N) is 1. The number of amides is 1. The van der Waals surface area contributed by atoms with Crippen molar-refractivity contribution in [2.24, 2.45) is 0 Å². The Hall–Kier alpha value is -2.45. The summed E-state index contributed by atoms with van der Waals surface area (Å²) in [7, 11) is 0. The van der Waals surface area contributed by atoms with Gasteiger partial charge < -0.3 is 5.32 Å². The van der Waals surface area contributed by atoms with Crippen LogP contribution in [0, 0.1) is 13.8 Å². The average Bonchev–Trinajstić information content (AvgIpc) is 3.28. The predicted octanol–water partition coefficient (Wildman–Crippen LogP) is 3.19. The molecular formula is C16H15N5OS2. The monoisotopic (exact) mass is 357 g/mol. The van der Waals surface area contributed by atoms with Crippen molar-refractivity contribution in [2.75, 3.05) is 0 Å². The SMILES string of the molecule is Cc1cc(C(=O)NCc2cn3ccsc3n2)c(C)n1-c1nccs1. The summed E-state index contributed by atoms with van der Waals surface area (Å²) in [5.74, 6) is -0.0951. The Morgan fingerprint density at radius 1 is 1.29 bits per heavy atom. The van der Waals surface area contributed by atoms with Gasteiger partial charge in [0.05, 0.1) is 17.8 Å². The number of aromatic nitrogens is 4. The third-order valence-corrected chi connectivity index (χ3v) is 5.39. The van der Waals surface area contributed by atoms with Crippen molar-refractivity contribution in [1.82, 2.24) is 24.3 Å². The molecule has 0 aromatic carbocycles. The Kier molecular flexibility index (Phi) is 3.70. The second kappa shape index (κ2) is 5.88. The number of thiazole rings is 2. The van der Waals surface area contributed by atoms with E-state index in [0.29, 0.717) is 12.1 Å². The molecule has 0 spiro atoms. The van der Waals surface area contributed by atoms with Gasteiger partial charge in [0.2, 0.25) is 0 Å². The highest BCUT2D eigenvalue weighted by Crippen LogP contribution is 2.22. The minimum absolute atomic E-state index is 0.0951. The number of hydrogen-bond donors (Lipinski definition) is 1. The van der Waals surface area contributed by atoms with Crippen LogP contribution in [-0.4, -0.2) is 24.8 Å². The maximum Gasteiger partial charge on any atom is 0.253 e. The van der Waals surface area contributed by atoms with Gasteiger partial charge in [-0.05, 0) is 19.9 Å². The van der Waals surface area contributed by atoms with E-state index in [9.17, 15) is 4.79 Å². The summed E-state index contributed by atoms with van der Waals surface area (Å²) in [6.45, 7) is 4.33. The lowest BCUT2D eigenvalue weighted by Gasteiger charge is -2.06. The smallest absolute Gasteiger partial charge is 0.253 e. The summed E-state index contributed by atoms with van der Waals surface area (Å²) in [6, 6.07) is 1.90. The van der Waals surface area contributed by atoms with Crippen molar-refractivity contribution in [1.29, 1.82) is 0 Å². The van der Waals surface area contributed by atoms with E-state index in [1.165, 1.54) is 0 Å². The minimum atomic E-state index is -0.0951. The first-order valence-electron chi connectivity index (χ1n) is 7.41. The van der Waals surface area contributed by atoms with Crippen LogP contribution in [0.1, 0.15) is 27.4 Å². The minimum Gasteiger partial charge on any atom is -0.346 e. The highest BCUT2D eigenvalue weighted by Gasteiger charge is 2.17. The van der Waals surface area contributed by atoms with Gasteiger partial charge in [-0.3, -0.25) is 13.8 Å². The highest BCUT2D eigenvalue weighted by atomic mass is 32.1. The Labute approximate surface area is 146 Å². The topological polar surface area (TPSA) is 64.2 Å². The molecule has 122 valence electrons. The fourth-order valence-electron chi connectivity index (χ4n) is 2.74. The molecule has 0 unspecified atom stereocenters.